The Hall–Kier alpha value is -3.63. The molecule has 11 nitrogen and oxygen atoms in total. The quantitative estimate of drug-likeness (QED) is 0.401. The van der Waals surface area contributed by atoms with Crippen molar-refractivity contribution in [2.75, 3.05) is 29.1 Å². The van der Waals surface area contributed by atoms with Crippen molar-refractivity contribution in [3.63, 3.8) is 0 Å². The number of benzene rings is 1. The first-order valence-electron chi connectivity index (χ1n) is 8.57. The zero-order valence-corrected chi connectivity index (χ0v) is 15.4. The first kappa shape index (κ1) is 18.2. The first-order valence-corrected chi connectivity index (χ1v) is 8.57. The summed E-state index contributed by atoms with van der Waals surface area (Å²) in [4.78, 5) is 12.9. The number of anilines is 3. The zero-order chi connectivity index (χ0) is 19.1. The molecule has 11 heteroatoms. The average molecular weight is 367 g/mol. The molecular weight excluding hydrogens is 346 g/mol. The van der Waals surface area contributed by atoms with E-state index >= 15 is 0 Å². The minimum atomic E-state index is 0.355. The summed E-state index contributed by atoms with van der Waals surface area (Å²) in [5, 5.41) is 21.7. The van der Waals surface area contributed by atoms with Crippen LogP contribution in [-0.2, 0) is 0 Å². The number of nitrogens with zero attached hydrogens (tertiary/aromatic N) is 8. The summed E-state index contributed by atoms with van der Waals surface area (Å²) in [6.07, 6.45) is 1.54. The zero-order valence-electron chi connectivity index (χ0n) is 15.4. The van der Waals surface area contributed by atoms with Gasteiger partial charge >= 0.3 is 0 Å². The smallest absolute Gasteiger partial charge is 0.250 e. The van der Waals surface area contributed by atoms with Crippen molar-refractivity contribution in [3.05, 3.63) is 36.2 Å². The number of rotatable bonds is 8. The van der Waals surface area contributed by atoms with E-state index in [9.17, 15) is 0 Å². The van der Waals surface area contributed by atoms with Crippen LogP contribution in [0.15, 0.2) is 35.7 Å². The molecule has 0 aliphatic carbocycles. The fourth-order valence-corrected chi connectivity index (χ4v) is 2.25. The van der Waals surface area contributed by atoms with Crippen LogP contribution in [0, 0.1) is 0 Å². The van der Waals surface area contributed by atoms with Crippen molar-refractivity contribution in [1.29, 1.82) is 0 Å². The number of tetrazole rings is 1. The van der Waals surface area contributed by atoms with Gasteiger partial charge < -0.3 is 10.6 Å². The van der Waals surface area contributed by atoms with Gasteiger partial charge in [-0.2, -0.15) is 20.1 Å². The molecule has 3 aromatic rings. The highest BCUT2D eigenvalue weighted by molar-refractivity contribution is 5.99. The second-order valence-corrected chi connectivity index (χ2v) is 5.48. The first-order chi connectivity index (χ1) is 13.2. The summed E-state index contributed by atoms with van der Waals surface area (Å²) in [5.41, 5.74) is 5.42. The monoisotopic (exact) mass is 367 g/mol. The van der Waals surface area contributed by atoms with Crippen molar-refractivity contribution < 1.29 is 0 Å². The SMILES string of the molecule is CCNc1nc(NCC)nc(N/N=C(\C)c2cccc(-n3cnnn3)c2)n1. The van der Waals surface area contributed by atoms with Gasteiger partial charge in [-0.05, 0) is 48.9 Å². The summed E-state index contributed by atoms with van der Waals surface area (Å²) < 4.78 is 1.58. The lowest BCUT2D eigenvalue weighted by atomic mass is 10.1. The van der Waals surface area contributed by atoms with Crippen LogP contribution in [0.5, 0.6) is 0 Å². The van der Waals surface area contributed by atoms with Crippen LogP contribution in [0.2, 0.25) is 0 Å². The Morgan fingerprint density at radius 3 is 2.37 bits per heavy atom. The lowest BCUT2D eigenvalue weighted by molar-refractivity contribution is 0.789. The topological polar surface area (TPSA) is 131 Å². The molecule has 0 unspecified atom stereocenters. The van der Waals surface area contributed by atoms with E-state index in [2.05, 4.69) is 51.6 Å². The van der Waals surface area contributed by atoms with Gasteiger partial charge in [0.15, 0.2) is 0 Å². The molecule has 0 atom stereocenters. The third-order valence-corrected chi connectivity index (χ3v) is 3.51. The number of hydrogen-bond acceptors (Lipinski definition) is 10. The van der Waals surface area contributed by atoms with Crippen molar-refractivity contribution in [2.45, 2.75) is 20.8 Å². The Kier molecular flexibility index (Phi) is 5.82. The highest BCUT2D eigenvalue weighted by Gasteiger charge is 2.06. The summed E-state index contributed by atoms with van der Waals surface area (Å²) in [7, 11) is 0. The number of hydrogen-bond donors (Lipinski definition) is 3. The molecular formula is C16H21N11. The van der Waals surface area contributed by atoms with Gasteiger partial charge in [0.1, 0.15) is 6.33 Å². The Balaban J connectivity index is 1.80. The minimum absolute atomic E-state index is 0.355. The Bertz CT molecular complexity index is 880. The molecule has 1 aromatic carbocycles. The van der Waals surface area contributed by atoms with E-state index in [0.717, 1.165) is 17.0 Å². The highest BCUT2D eigenvalue weighted by Crippen LogP contribution is 2.12. The maximum absolute atomic E-state index is 4.39. The molecule has 0 saturated carbocycles. The van der Waals surface area contributed by atoms with E-state index in [1.807, 2.05) is 45.0 Å². The predicted octanol–water partition coefficient (Wildman–Crippen LogP) is 1.55. The van der Waals surface area contributed by atoms with Crippen molar-refractivity contribution in [1.82, 2.24) is 35.2 Å². The molecule has 0 aliphatic rings. The molecule has 3 N–H and O–H groups in total. The van der Waals surface area contributed by atoms with Crippen molar-refractivity contribution >= 4 is 23.6 Å². The Morgan fingerprint density at radius 2 is 1.74 bits per heavy atom. The Morgan fingerprint density at radius 1 is 1.04 bits per heavy atom. The van der Waals surface area contributed by atoms with Gasteiger partial charge in [-0.3, -0.25) is 0 Å². The highest BCUT2D eigenvalue weighted by atomic mass is 15.5. The molecule has 0 aliphatic heterocycles. The van der Waals surface area contributed by atoms with Gasteiger partial charge in [-0.25, -0.2) is 10.1 Å². The van der Waals surface area contributed by atoms with Crippen LogP contribution in [0.25, 0.3) is 5.69 Å². The molecule has 0 saturated heterocycles. The molecule has 2 heterocycles. The molecule has 3 rings (SSSR count). The Labute approximate surface area is 156 Å². The van der Waals surface area contributed by atoms with E-state index in [1.54, 1.807) is 11.0 Å². The van der Waals surface area contributed by atoms with Gasteiger partial charge in [-0.1, -0.05) is 12.1 Å². The maximum Gasteiger partial charge on any atom is 0.250 e. The van der Waals surface area contributed by atoms with E-state index in [-0.39, 0.29) is 0 Å². The molecule has 140 valence electrons. The normalized spacial score (nSPS) is 11.3. The number of aromatic nitrogens is 7. The summed E-state index contributed by atoms with van der Waals surface area (Å²) in [5.74, 6) is 1.33. The molecule has 0 radical (unpaired) electrons. The third kappa shape index (κ3) is 4.71. The molecule has 0 spiro atoms. The van der Waals surface area contributed by atoms with Crippen LogP contribution < -0.4 is 16.1 Å². The summed E-state index contributed by atoms with van der Waals surface area (Å²) in [6.45, 7) is 7.26. The van der Waals surface area contributed by atoms with Gasteiger partial charge in [-0.15, -0.1) is 5.10 Å². The summed E-state index contributed by atoms with van der Waals surface area (Å²) >= 11 is 0. The number of nitrogens with one attached hydrogen (secondary N) is 3. The standard InChI is InChI=1S/C16H21N11/c1-4-17-14-20-15(18-5-2)22-16(21-14)24-23-11(3)12-7-6-8-13(9-12)27-10-19-25-26-27/h6-10H,4-5H2,1-3H3,(H3,17,18,20,21,22,24)/b23-11+. The molecule has 27 heavy (non-hydrogen) atoms. The van der Waals surface area contributed by atoms with E-state index in [4.69, 9.17) is 0 Å². The van der Waals surface area contributed by atoms with Crippen molar-refractivity contribution in [3.8, 4) is 5.69 Å². The van der Waals surface area contributed by atoms with Crippen LogP contribution in [-0.4, -0.2) is 54.0 Å². The van der Waals surface area contributed by atoms with Gasteiger partial charge in [0.25, 0.3) is 0 Å². The van der Waals surface area contributed by atoms with E-state index in [0.29, 0.717) is 30.9 Å². The van der Waals surface area contributed by atoms with Crippen molar-refractivity contribution in [2.24, 2.45) is 5.10 Å². The van der Waals surface area contributed by atoms with Gasteiger partial charge in [0.05, 0.1) is 11.4 Å². The fourth-order valence-electron chi connectivity index (χ4n) is 2.25. The van der Waals surface area contributed by atoms with E-state index in [1.165, 1.54) is 0 Å². The minimum Gasteiger partial charge on any atom is -0.354 e. The number of hydrazone groups is 1. The molecule has 0 amide bonds. The van der Waals surface area contributed by atoms with Crippen LogP contribution in [0.3, 0.4) is 0 Å². The summed E-state index contributed by atoms with van der Waals surface area (Å²) in [6, 6.07) is 7.73. The largest absolute Gasteiger partial charge is 0.354 e. The van der Waals surface area contributed by atoms with Crippen LogP contribution in [0.1, 0.15) is 26.3 Å². The second kappa shape index (κ2) is 8.65. The lowest BCUT2D eigenvalue weighted by Crippen LogP contribution is -2.11. The van der Waals surface area contributed by atoms with E-state index < -0.39 is 0 Å². The fraction of sp³-hybridized carbons (Fsp3) is 0.312. The molecule has 0 bridgehead atoms. The maximum atomic E-state index is 4.39. The molecule has 0 fully saturated rings. The lowest BCUT2D eigenvalue weighted by Gasteiger charge is -2.08. The second-order valence-electron chi connectivity index (χ2n) is 5.48. The van der Waals surface area contributed by atoms with Crippen LogP contribution in [0.4, 0.5) is 17.8 Å². The average Bonchev–Trinajstić information content (AvgIpc) is 3.21. The molecule has 2 aromatic heterocycles. The van der Waals surface area contributed by atoms with Crippen LogP contribution >= 0.6 is 0 Å². The predicted molar refractivity (Wildman–Crippen MR) is 103 cm³/mol. The van der Waals surface area contributed by atoms with Gasteiger partial charge in [0, 0.05) is 13.1 Å². The van der Waals surface area contributed by atoms with Gasteiger partial charge in [0.2, 0.25) is 17.8 Å². The third-order valence-electron chi connectivity index (χ3n) is 3.51.